The summed E-state index contributed by atoms with van der Waals surface area (Å²) in [6.45, 7) is 6.64. The van der Waals surface area contributed by atoms with Crippen LogP contribution in [0.5, 0.6) is 5.75 Å². The molecule has 27 heavy (non-hydrogen) atoms. The zero-order valence-corrected chi connectivity index (χ0v) is 17.4. The van der Waals surface area contributed by atoms with Crippen LogP contribution in [-0.4, -0.2) is 27.0 Å². The second kappa shape index (κ2) is 9.87. The van der Waals surface area contributed by atoms with E-state index in [2.05, 4.69) is 10.0 Å². The van der Waals surface area contributed by atoms with Crippen LogP contribution in [-0.2, 0) is 21.4 Å². The van der Waals surface area contributed by atoms with Gasteiger partial charge in [0.15, 0.2) is 0 Å². The lowest BCUT2D eigenvalue weighted by Crippen LogP contribution is -2.49. The topological polar surface area (TPSA) is 84.5 Å². The van der Waals surface area contributed by atoms with Gasteiger partial charge < -0.3 is 10.1 Å². The smallest absolute Gasteiger partial charge is 0.250 e. The van der Waals surface area contributed by atoms with Gasteiger partial charge in [-0.25, -0.2) is 8.42 Å². The van der Waals surface area contributed by atoms with Crippen molar-refractivity contribution in [1.29, 1.82) is 0 Å². The van der Waals surface area contributed by atoms with Crippen molar-refractivity contribution < 1.29 is 17.9 Å². The molecule has 1 amide bonds. The minimum Gasteiger partial charge on any atom is -0.494 e. The Kier molecular flexibility index (Phi) is 7.82. The van der Waals surface area contributed by atoms with Crippen molar-refractivity contribution in [3.63, 3.8) is 0 Å². The second-order valence-corrected chi connectivity index (χ2v) is 9.37. The number of ether oxygens (including phenoxy) is 1. The highest BCUT2D eigenvalue weighted by Gasteiger charge is 2.28. The van der Waals surface area contributed by atoms with Crippen LogP contribution < -0.4 is 14.8 Å². The lowest BCUT2D eigenvalue weighted by atomic mass is 10.0. The average Bonchev–Trinajstić information content (AvgIpc) is 3.19. The lowest BCUT2D eigenvalue weighted by molar-refractivity contribution is -0.123. The first-order valence-corrected chi connectivity index (χ1v) is 11.2. The fourth-order valence-electron chi connectivity index (χ4n) is 2.36. The predicted molar refractivity (Wildman–Crippen MR) is 107 cm³/mol. The third-order valence-electron chi connectivity index (χ3n) is 3.85. The first-order chi connectivity index (χ1) is 12.8. The highest BCUT2D eigenvalue weighted by Crippen LogP contribution is 2.17. The molecular formula is C19H26N2O4S2. The Labute approximate surface area is 165 Å². The molecule has 1 aromatic heterocycles. The number of thiophene rings is 1. The molecule has 0 unspecified atom stereocenters. The summed E-state index contributed by atoms with van der Waals surface area (Å²) < 4.78 is 33.1. The molecule has 0 bridgehead atoms. The van der Waals surface area contributed by atoms with Crippen molar-refractivity contribution in [3.05, 3.63) is 47.3 Å². The van der Waals surface area contributed by atoms with Crippen LogP contribution in [0, 0.1) is 5.92 Å². The molecule has 1 aromatic carbocycles. The number of hydrogen-bond acceptors (Lipinski definition) is 5. The number of benzene rings is 1. The molecule has 0 radical (unpaired) electrons. The summed E-state index contributed by atoms with van der Waals surface area (Å²) in [4.78, 5) is 12.6. The minimum absolute atomic E-state index is 0.190. The molecular weight excluding hydrogens is 384 g/mol. The van der Waals surface area contributed by atoms with Gasteiger partial charge >= 0.3 is 0 Å². The summed E-state index contributed by atoms with van der Waals surface area (Å²) in [6, 6.07) is 9.82. The highest BCUT2D eigenvalue weighted by atomic mass is 32.2. The molecule has 1 heterocycles. The quantitative estimate of drug-likeness (QED) is 0.630. The van der Waals surface area contributed by atoms with Gasteiger partial charge in [0.2, 0.25) is 5.91 Å². The van der Waals surface area contributed by atoms with Gasteiger partial charge in [0.1, 0.15) is 16.0 Å². The van der Waals surface area contributed by atoms with Gasteiger partial charge in [0.25, 0.3) is 10.0 Å². The Morgan fingerprint density at radius 1 is 1.19 bits per heavy atom. The molecule has 8 heteroatoms. The first-order valence-electron chi connectivity index (χ1n) is 8.88. The average molecular weight is 411 g/mol. The number of hydrogen-bond donors (Lipinski definition) is 2. The Morgan fingerprint density at radius 3 is 2.44 bits per heavy atom. The number of carbonyl (C=O) groups is 1. The second-order valence-electron chi connectivity index (χ2n) is 6.49. The van der Waals surface area contributed by atoms with Crippen LogP contribution >= 0.6 is 11.3 Å². The van der Waals surface area contributed by atoms with Gasteiger partial charge in [0, 0.05) is 6.54 Å². The lowest BCUT2D eigenvalue weighted by Gasteiger charge is -2.21. The van der Waals surface area contributed by atoms with Gasteiger partial charge in [-0.15, -0.1) is 11.3 Å². The van der Waals surface area contributed by atoms with Crippen LogP contribution in [0.25, 0.3) is 0 Å². The maximum Gasteiger partial charge on any atom is 0.250 e. The minimum atomic E-state index is -3.71. The normalized spacial score (nSPS) is 12.7. The maximum atomic E-state index is 12.6. The van der Waals surface area contributed by atoms with Crippen LogP contribution in [0.1, 0.15) is 32.8 Å². The van der Waals surface area contributed by atoms with Crippen LogP contribution in [0.4, 0.5) is 0 Å². The van der Waals surface area contributed by atoms with Gasteiger partial charge in [-0.05, 0) is 41.5 Å². The van der Waals surface area contributed by atoms with Crippen LogP contribution in [0.15, 0.2) is 46.0 Å². The van der Waals surface area contributed by atoms with E-state index in [0.29, 0.717) is 13.2 Å². The molecule has 0 fully saturated rings. The molecule has 0 aliphatic heterocycles. The SMILES string of the molecule is CCCOc1ccc(CNC(=O)[C@@H](NS(=O)(=O)c2cccs2)C(C)C)cc1. The molecule has 2 aromatic rings. The molecule has 0 spiro atoms. The number of rotatable bonds is 10. The summed E-state index contributed by atoms with van der Waals surface area (Å²) in [6.07, 6.45) is 0.940. The van der Waals surface area contributed by atoms with E-state index < -0.39 is 16.1 Å². The van der Waals surface area contributed by atoms with Crippen molar-refractivity contribution in [2.45, 2.75) is 44.0 Å². The summed E-state index contributed by atoms with van der Waals surface area (Å²) >= 11 is 1.12. The molecule has 0 saturated carbocycles. The van der Waals surface area contributed by atoms with E-state index in [1.54, 1.807) is 25.3 Å². The zero-order valence-electron chi connectivity index (χ0n) is 15.8. The summed E-state index contributed by atoms with van der Waals surface area (Å²) in [5.41, 5.74) is 0.913. The van der Waals surface area contributed by atoms with E-state index >= 15 is 0 Å². The molecule has 148 valence electrons. The molecule has 0 aliphatic rings. The Morgan fingerprint density at radius 2 is 1.89 bits per heavy atom. The molecule has 0 saturated heterocycles. The van der Waals surface area contributed by atoms with Crippen molar-refractivity contribution in [1.82, 2.24) is 10.0 Å². The van der Waals surface area contributed by atoms with E-state index in [-0.39, 0.29) is 16.0 Å². The number of nitrogens with one attached hydrogen (secondary N) is 2. The van der Waals surface area contributed by atoms with E-state index in [0.717, 1.165) is 29.1 Å². The van der Waals surface area contributed by atoms with E-state index in [9.17, 15) is 13.2 Å². The molecule has 1 atom stereocenters. The maximum absolute atomic E-state index is 12.6. The fourth-order valence-corrected chi connectivity index (χ4v) is 4.71. The third-order valence-corrected chi connectivity index (χ3v) is 6.69. The Balaban J connectivity index is 1.97. The Bertz CT molecular complexity index is 816. The van der Waals surface area contributed by atoms with E-state index in [4.69, 9.17) is 4.74 Å². The number of amides is 1. The third kappa shape index (κ3) is 6.34. The van der Waals surface area contributed by atoms with E-state index in [1.165, 1.54) is 6.07 Å². The van der Waals surface area contributed by atoms with Crippen molar-refractivity contribution in [3.8, 4) is 5.75 Å². The van der Waals surface area contributed by atoms with Crippen LogP contribution in [0.2, 0.25) is 0 Å². The van der Waals surface area contributed by atoms with Gasteiger partial charge in [-0.1, -0.05) is 39.0 Å². The first kappa shape index (κ1) is 21.4. The van der Waals surface area contributed by atoms with Crippen LogP contribution in [0.3, 0.4) is 0 Å². The van der Waals surface area contributed by atoms with E-state index in [1.807, 2.05) is 31.2 Å². The zero-order chi connectivity index (χ0) is 19.9. The predicted octanol–water partition coefficient (Wildman–Crippen LogP) is 3.16. The Hall–Kier alpha value is -1.90. The molecule has 2 rings (SSSR count). The summed E-state index contributed by atoms with van der Waals surface area (Å²) in [5.74, 6) is 0.247. The number of carbonyl (C=O) groups excluding carboxylic acids is 1. The van der Waals surface area contributed by atoms with Crippen molar-refractivity contribution in [2.24, 2.45) is 5.92 Å². The summed E-state index contributed by atoms with van der Waals surface area (Å²) in [7, 11) is -3.71. The fraction of sp³-hybridized carbons (Fsp3) is 0.421. The standard InChI is InChI=1S/C19H26N2O4S2/c1-4-11-25-16-9-7-15(8-10-16)13-20-19(22)18(14(2)3)21-27(23,24)17-6-5-12-26-17/h5-10,12,14,18,21H,4,11,13H2,1-3H3,(H,20,22)/t18-/m0/s1. The van der Waals surface area contributed by atoms with Gasteiger partial charge in [-0.2, -0.15) is 4.72 Å². The van der Waals surface area contributed by atoms with Gasteiger partial charge in [-0.3, -0.25) is 4.79 Å². The van der Waals surface area contributed by atoms with Crippen molar-refractivity contribution in [2.75, 3.05) is 6.61 Å². The monoisotopic (exact) mass is 410 g/mol. The molecule has 2 N–H and O–H groups in total. The summed E-state index contributed by atoms with van der Waals surface area (Å²) in [5, 5.41) is 4.50. The molecule has 0 aliphatic carbocycles. The van der Waals surface area contributed by atoms with Gasteiger partial charge in [0.05, 0.1) is 6.61 Å². The van der Waals surface area contributed by atoms with Crippen molar-refractivity contribution >= 4 is 27.3 Å². The molecule has 6 nitrogen and oxygen atoms in total. The largest absolute Gasteiger partial charge is 0.494 e. The highest BCUT2D eigenvalue weighted by molar-refractivity contribution is 7.91. The number of sulfonamides is 1.